The van der Waals surface area contributed by atoms with Gasteiger partial charge in [0.1, 0.15) is 12.4 Å². The Balaban J connectivity index is 1.73. The Morgan fingerprint density at radius 1 is 1.41 bits per heavy atom. The molecule has 1 aromatic heterocycles. The number of para-hydroxylation sites is 1. The van der Waals surface area contributed by atoms with Gasteiger partial charge in [-0.2, -0.15) is 5.10 Å². The van der Waals surface area contributed by atoms with Crippen molar-refractivity contribution in [2.75, 3.05) is 20.2 Å². The molecule has 1 aliphatic rings. The van der Waals surface area contributed by atoms with Crippen LogP contribution in [0.2, 0.25) is 0 Å². The number of carbonyl (C=O) groups excluding carboxylic acids is 1. The Labute approximate surface area is 129 Å². The van der Waals surface area contributed by atoms with Crippen LogP contribution < -0.4 is 15.4 Å². The van der Waals surface area contributed by atoms with Crippen molar-refractivity contribution >= 4 is 5.91 Å². The Kier molecular flexibility index (Phi) is 4.39. The number of carbonyl (C=O) groups is 1. The molecule has 116 valence electrons. The molecule has 0 fully saturated rings. The van der Waals surface area contributed by atoms with Crippen molar-refractivity contribution in [3.63, 3.8) is 0 Å². The van der Waals surface area contributed by atoms with Crippen LogP contribution in [0.1, 0.15) is 21.7 Å². The highest BCUT2D eigenvalue weighted by Crippen LogP contribution is 2.18. The van der Waals surface area contributed by atoms with Crippen molar-refractivity contribution in [3.8, 4) is 5.75 Å². The number of hydrogen-bond acceptors (Lipinski definition) is 4. The van der Waals surface area contributed by atoms with E-state index in [1.54, 1.807) is 7.05 Å². The first kappa shape index (κ1) is 14.6. The number of fused-ring (bicyclic) bond motifs is 1. The second kappa shape index (κ2) is 6.62. The van der Waals surface area contributed by atoms with E-state index in [2.05, 4.69) is 15.7 Å². The monoisotopic (exact) mass is 300 g/mol. The SMILES string of the molecule is CNC(=O)c1nn(CCOc2ccccc2)c2c1CNCC2. The van der Waals surface area contributed by atoms with E-state index in [-0.39, 0.29) is 5.91 Å². The van der Waals surface area contributed by atoms with Gasteiger partial charge in [0.05, 0.1) is 6.54 Å². The van der Waals surface area contributed by atoms with Gasteiger partial charge in [0.2, 0.25) is 0 Å². The van der Waals surface area contributed by atoms with Crippen LogP contribution in [0.5, 0.6) is 5.75 Å². The molecule has 3 rings (SSSR count). The standard InChI is InChI=1S/C16H20N4O2/c1-17-16(21)15-13-11-18-8-7-14(13)20(19-15)9-10-22-12-5-3-2-4-6-12/h2-6,18H,7-11H2,1H3,(H,17,21). The molecular weight excluding hydrogens is 280 g/mol. The molecule has 1 aromatic carbocycles. The first-order valence-electron chi connectivity index (χ1n) is 7.49. The molecule has 0 unspecified atom stereocenters. The van der Waals surface area contributed by atoms with Gasteiger partial charge in [-0.05, 0) is 12.1 Å². The van der Waals surface area contributed by atoms with Crippen LogP contribution >= 0.6 is 0 Å². The maximum absolute atomic E-state index is 11.9. The first-order chi connectivity index (χ1) is 10.8. The second-order valence-corrected chi connectivity index (χ2v) is 5.16. The Bertz CT molecular complexity index is 652. The molecule has 6 heteroatoms. The average molecular weight is 300 g/mol. The first-order valence-corrected chi connectivity index (χ1v) is 7.49. The molecule has 2 N–H and O–H groups in total. The minimum absolute atomic E-state index is 0.136. The molecule has 2 aromatic rings. The molecule has 2 heterocycles. The third-order valence-electron chi connectivity index (χ3n) is 3.76. The molecule has 0 saturated carbocycles. The van der Waals surface area contributed by atoms with Crippen LogP contribution in [0.3, 0.4) is 0 Å². The van der Waals surface area contributed by atoms with Gasteiger partial charge in [-0.15, -0.1) is 0 Å². The highest BCUT2D eigenvalue weighted by Gasteiger charge is 2.23. The zero-order chi connectivity index (χ0) is 15.4. The molecule has 1 aliphatic heterocycles. The van der Waals surface area contributed by atoms with Gasteiger partial charge < -0.3 is 15.4 Å². The smallest absolute Gasteiger partial charge is 0.271 e. The highest BCUT2D eigenvalue weighted by atomic mass is 16.5. The average Bonchev–Trinajstić information content (AvgIpc) is 2.94. The maximum atomic E-state index is 11.9. The fourth-order valence-electron chi connectivity index (χ4n) is 2.67. The largest absolute Gasteiger partial charge is 0.492 e. The summed E-state index contributed by atoms with van der Waals surface area (Å²) in [5.74, 6) is 0.708. The van der Waals surface area contributed by atoms with E-state index < -0.39 is 0 Å². The summed E-state index contributed by atoms with van der Waals surface area (Å²) in [7, 11) is 1.63. The topological polar surface area (TPSA) is 68.2 Å². The summed E-state index contributed by atoms with van der Waals surface area (Å²) in [6, 6.07) is 9.71. The van der Waals surface area contributed by atoms with Crippen molar-refractivity contribution in [1.82, 2.24) is 20.4 Å². The Morgan fingerprint density at radius 3 is 3.00 bits per heavy atom. The number of amides is 1. The van der Waals surface area contributed by atoms with E-state index in [0.717, 1.165) is 30.0 Å². The number of nitrogens with zero attached hydrogens (tertiary/aromatic N) is 2. The molecule has 1 amide bonds. The van der Waals surface area contributed by atoms with Crippen LogP contribution in [-0.4, -0.2) is 35.9 Å². The van der Waals surface area contributed by atoms with Gasteiger partial charge >= 0.3 is 0 Å². The molecule has 0 bridgehead atoms. The number of rotatable bonds is 5. The van der Waals surface area contributed by atoms with Gasteiger partial charge in [0, 0.05) is 37.8 Å². The van der Waals surface area contributed by atoms with Crippen molar-refractivity contribution < 1.29 is 9.53 Å². The van der Waals surface area contributed by atoms with Gasteiger partial charge in [0.15, 0.2) is 5.69 Å². The summed E-state index contributed by atoms with van der Waals surface area (Å²) in [5, 5.41) is 10.4. The third kappa shape index (κ3) is 2.96. The van der Waals surface area contributed by atoms with E-state index in [1.807, 2.05) is 35.0 Å². The molecular formula is C16H20N4O2. The number of hydrogen-bond donors (Lipinski definition) is 2. The van der Waals surface area contributed by atoms with Gasteiger partial charge in [-0.25, -0.2) is 0 Å². The molecule has 0 saturated heterocycles. The van der Waals surface area contributed by atoms with E-state index in [1.165, 1.54) is 0 Å². The molecule has 6 nitrogen and oxygen atoms in total. The van der Waals surface area contributed by atoms with Crippen molar-refractivity contribution in [3.05, 3.63) is 47.3 Å². The van der Waals surface area contributed by atoms with Crippen LogP contribution in [0, 0.1) is 0 Å². The number of nitrogens with one attached hydrogen (secondary N) is 2. The summed E-state index contributed by atoms with van der Waals surface area (Å²) in [6.45, 7) is 2.76. The zero-order valence-electron chi connectivity index (χ0n) is 12.6. The van der Waals surface area contributed by atoms with E-state index >= 15 is 0 Å². The highest BCUT2D eigenvalue weighted by molar-refractivity contribution is 5.93. The maximum Gasteiger partial charge on any atom is 0.271 e. The van der Waals surface area contributed by atoms with Crippen molar-refractivity contribution in [1.29, 1.82) is 0 Å². The summed E-state index contributed by atoms with van der Waals surface area (Å²) in [4.78, 5) is 11.9. The van der Waals surface area contributed by atoms with Crippen molar-refractivity contribution in [2.45, 2.75) is 19.5 Å². The van der Waals surface area contributed by atoms with Crippen LogP contribution in [0.25, 0.3) is 0 Å². The lowest BCUT2D eigenvalue weighted by atomic mass is 10.1. The molecule has 22 heavy (non-hydrogen) atoms. The predicted molar refractivity (Wildman–Crippen MR) is 83.0 cm³/mol. The normalized spacial score (nSPS) is 13.5. The molecule has 0 spiro atoms. The lowest BCUT2D eigenvalue weighted by Crippen LogP contribution is -2.27. The second-order valence-electron chi connectivity index (χ2n) is 5.16. The minimum atomic E-state index is -0.136. The van der Waals surface area contributed by atoms with Crippen LogP contribution in [0.15, 0.2) is 30.3 Å². The quantitative estimate of drug-likeness (QED) is 0.863. The minimum Gasteiger partial charge on any atom is -0.492 e. The lowest BCUT2D eigenvalue weighted by molar-refractivity contribution is 0.0956. The molecule has 0 aliphatic carbocycles. The van der Waals surface area contributed by atoms with Gasteiger partial charge in [0.25, 0.3) is 5.91 Å². The number of ether oxygens (including phenoxy) is 1. The van der Waals surface area contributed by atoms with E-state index in [9.17, 15) is 4.79 Å². The van der Waals surface area contributed by atoms with Gasteiger partial charge in [-0.1, -0.05) is 18.2 Å². The lowest BCUT2D eigenvalue weighted by Gasteiger charge is -2.15. The third-order valence-corrected chi connectivity index (χ3v) is 3.76. The summed E-state index contributed by atoms with van der Waals surface area (Å²) in [6.07, 6.45) is 0.880. The Morgan fingerprint density at radius 2 is 2.23 bits per heavy atom. The number of aromatic nitrogens is 2. The number of benzene rings is 1. The van der Waals surface area contributed by atoms with Gasteiger partial charge in [-0.3, -0.25) is 9.48 Å². The summed E-state index contributed by atoms with van der Waals surface area (Å²) < 4.78 is 7.63. The van der Waals surface area contributed by atoms with Crippen molar-refractivity contribution in [2.24, 2.45) is 0 Å². The van der Waals surface area contributed by atoms with E-state index in [4.69, 9.17) is 4.74 Å². The molecule has 0 atom stereocenters. The zero-order valence-corrected chi connectivity index (χ0v) is 12.6. The molecule has 0 radical (unpaired) electrons. The predicted octanol–water partition coefficient (Wildman–Crippen LogP) is 0.967. The fraction of sp³-hybridized carbons (Fsp3) is 0.375. The van der Waals surface area contributed by atoms with E-state index in [0.29, 0.717) is 25.4 Å². The fourth-order valence-corrected chi connectivity index (χ4v) is 2.67. The van der Waals surface area contributed by atoms with Crippen LogP contribution in [-0.2, 0) is 19.5 Å². The Hall–Kier alpha value is -2.34. The summed E-state index contributed by atoms with van der Waals surface area (Å²) >= 11 is 0. The summed E-state index contributed by atoms with van der Waals surface area (Å²) in [5.41, 5.74) is 2.66. The van der Waals surface area contributed by atoms with Crippen LogP contribution in [0.4, 0.5) is 0 Å².